The van der Waals surface area contributed by atoms with E-state index in [0.29, 0.717) is 23.4 Å². The fraction of sp³-hybridized carbons (Fsp3) is 0.533. The zero-order valence-electron chi connectivity index (χ0n) is 14.5. The molecule has 3 heterocycles. The van der Waals surface area contributed by atoms with Crippen LogP contribution in [0.25, 0.3) is 0 Å². The smallest absolute Gasteiger partial charge is 0.268 e. The number of amides is 1. The van der Waals surface area contributed by atoms with Crippen LogP contribution in [0.15, 0.2) is 14.8 Å². The Hall–Kier alpha value is -1.43. The lowest BCUT2D eigenvalue weighted by atomic mass is 10.3. The molecule has 0 saturated heterocycles. The van der Waals surface area contributed by atoms with Crippen LogP contribution in [0, 0.1) is 0 Å². The van der Waals surface area contributed by atoms with Crippen molar-refractivity contribution in [1.29, 1.82) is 0 Å². The highest BCUT2D eigenvalue weighted by molar-refractivity contribution is 8.00. The zero-order chi connectivity index (χ0) is 18.5. The molecule has 0 atom stereocenters. The maximum atomic E-state index is 12.7. The van der Waals surface area contributed by atoms with Crippen LogP contribution in [0.2, 0.25) is 0 Å². The quantitative estimate of drug-likeness (QED) is 0.516. The van der Waals surface area contributed by atoms with Gasteiger partial charge in [-0.15, -0.1) is 22.0 Å². The molecule has 1 aliphatic rings. The van der Waals surface area contributed by atoms with Crippen molar-refractivity contribution in [3.05, 3.63) is 21.1 Å². The Morgan fingerprint density at radius 3 is 3.00 bits per heavy atom. The van der Waals surface area contributed by atoms with Crippen LogP contribution in [0.5, 0.6) is 0 Å². The summed E-state index contributed by atoms with van der Waals surface area (Å²) in [5.41, 5.74) is 0.780. The van der Waals surface area contributed by atoms with Crippen LogP contribution in [-0.4, -0.2) is 50.9 Å². The van der Waals surface area contributed by atoms with E-state index >= 15 is 0 Å². The van der Waals surface area contributed by atoms with Gasteiger partial charge >= 0.3 is 0 Å². The molecule has 0 unspecified atom stereocenters. The molecule has 0 bridgehead atoms. The predicted octanol–water partition coefficient (Wildman–Crippen LogP) is 1.68. The van der Waals surface area contributed by atoms with Gasteiger partial charge in [0.15, 0.2) is 5.16 Å². The first kappa shape index (κ1) is 19.3. The Kier molecular flexibility index (Phi) is 6.68. The van der Waals surface area contributed by atoms with E-state index in [1.165, 1.54) is 23.1 Å². The number of aryl methyl sites for hydroxylation is 2. The molecule has 26 heavy (non-hydrogen) atoms. The van der Waals surface area contributed by atoms with Crippen molar-refractivity contribution < 1.29 is 9.53 Å². The molecule has 11 heteroatoms. The fourth-order valence-electron chi connectivity index (χ4n) is 2.35. The Labute approximate surface area is 163 Å². The van der Waals surface area contributed by atoms with E-state index in [4.69, 9.17) is 4.74 Å². The van der Waals surface area contributed by atoms with Gasteiger partial charge in [0.25, 0.3) is 5.56 Å². The highest BCUT2D eigenvalue weighted by Gasteiger charge is 2.22. The maximum absolute atomic E-state index is 12.7. The van der Waals surface area contributed by atoms with Gasteiger partial charge in [-0.25, -0.2) is 4.98 Å². The van der Waals surface area contributed by atoms with Gasteiger partial charge in [0.05, 0.1) is 29.5 Å². The van der Waals surface area contributed by atoms with Crippen molar-refractivity contribution in [2.24, 2.45) is 0 Å². The number of ether oxygens (including phenoxy) is 1. The molecular formula is C15H19N5O3S3. The topological polar surface area (TPSA) is 99.0 Å². The van der Waals surface area contributed by atoms with E-state index in [0.717, 1.165) is 34.2 Å². The number of hydrogen-bond acceptors (Lipinski definition) is 9. The molecule has 0 aromatic carbocycles. The molecule has 2 aromatic rings. The second kappa shape index (κ2) is 8.98. The molecule has 2 aromatic heterocycles. The summed E-state index contributed by atoms with van der Waals surface area (Å²) >= 11 is 4.15. The summed E-state index contributed by atoms with van der Waals surface area (Å²) in [6, 6.07) is 0. The minimum Gasteiger partial charge on any atom is -0.383 e. The summed E-state index contributed by atoms with van der Waals surface area (Å²) < 4.78 is 6.69. The predicted molar refractivity (Wildman–Crippen MR) is 103 cm³/mol. The van der Waals surface area contributed by atoms with E-state index in [1.54, 1.807) is 23.4 Å². The lowest BCUT2D eigenvalue weighted by molar-refractivity contribution is -0.113. The molecule has 0 spiro atoms. The number of hydrogen-bond donors (Lipinski definition) is 1. The lowest BCUT2D eigenvalue weighted by Crippen LogP contribution is -2.27. The van der Waals surface area contributed by atoms with E-state index in [2.05, 4.69) is 20.5 Å². The summed E-state index contributed by atoms with van der Waals surface area (Å²) in [7, 11) is 1.59. The van der Waals surface area contributed by atoms with Gasteiger partial charge in [-0.05, 0) is 6.42 Å². The van der Waals surface area contributed by atoms with Crippen LogP contribution < -0.4 is 10.9 Å². The summed E-state index contributed by atoms with van der Waals surface area (Å²) in [5.74, 6) is 0.816. The number of nitrogens with zero attached hydrogens (tertiary/aromatic N) is 4. The first-order valence-corrected chi connectivity index (χ1v) is 10.9. The van der Waals surface area contributed by atoms with Crippen molar-refractivity contribution in [1.82, 2.24) is 19.7 Å². The van der Waals surface area contributed by atoms with Crippen LogP contribution in [0.3, 0.4) is 0 Å². The number of rotatable bonds is 8. The monoisotopic (exact) mass is 413 g/mol. The van der Waals surface area contributed by atoms with Gasteiger partial charge in [0.2, 0.25) is 11.0 Å². The minimum atomic E-state index is -0.198. The molecule has 0 aliphatic carbocycles. The normalized spacial score (nSPS) is 13.0. The zero-order valence-corrected chi connectivity index (χ0v) is 16.9. The van der Waals surface area contributed by atoms with Gasteiger partial charge in [0.1, 0.15) is 5.01 Å². The van der Waals surface area contributed by atoms with Gasteiger partial charge in [-0.3, -0.25) is 19.5 Å². The number of nitrogens with one attached hydrogen (secondary N) is 1. The number of fused-ring (bicyclic) bond motifs is 1. The third-order valence-corrected chi connectivity index (χ3v) is 6.68. The van der Waals surface area contributed by atoms with E-state index in [9.17, 15) is 9.59 Å². The molecule has 1 N–H and O–H groups in total. The summed E-state index contributed by atoms with van der Waals surface area (Å²) in [6.45, 7) is 2.81. The van der Waals surface area contributed by atoms with E-state index in [1.807, 2.05) is 6.92 Å². The second-order valence-corrected chi connectivity index (χ2v) is 8.52. The lowest BCUT2D eigenvalue weighted by Gasteiger charge is -2.13. The number of anilines is 1. The maximum Gasteiger partial charge on any atom is 0.268 e. The minimum absolute atomic E-state index is 0.0471. The summed E-state index contributed by atoms with van der Waals surface area (Å²) in [6.07, 6.45) is 1.57. The van der Waals surface area contributed by atoms with Gasteiger partial charge in [-0.1, -0.05) is 30.0 Å². The van der Waals surface area contributed by atoms with Crippen molar-refractivity contribution >= 4 is 45.9 Å². The SMILES string of the molecule is CCc1nnc(NC(=O)CSc2nc3c(c(=O)n2CCOC)SCC3)s1. The number of thioether (sulfide) groups is 2. The molecule has 0 saturated carbocycles. The van der Waals surface area contributed by atoms with E-state index in [-0.39, 0.29) is 17.2 Å². The third kappa shape index (κ3) is 4.45. The van der Waals surface area contributed by atoms with E-state index < -0.39 is 0 Å². The third-order valence-electron chi connectivity index (χ3n) is 3.62. The molecule has 1 aliphatic heterocycles. The highest BCUT2D eigenvalue weighted by Crippen LogP contribution is 2.28. The molecule has 0 fully saturated rings. The number of methoxy groups -OCH3 is 1. The standard InChI is InChI=1S/C15H19N5O3S3/c1-3-11-18-19-14(26-11)17-10(21)8-25-15-16-9-4-7-24-12(9)13(22)20(15)5-6-23-2/h3-8H2,1-2H3,(H,17,19,21). The molecule has 8 nitrogen and oxygen atoms in total. The first-order valence-electron chi connectivity index (χ1n) is 8.12. The Balaban J connectivity index is 1.71. The molecule has 1 amide bonds. The number of aromatic nitrogens is 4. The summed E-state index contributed by atoms with van der Waals surface area (Å²) in [4.78, 5) is 30.2. The van der Waals surface area contributed by atoms with Crippen LogP contribution >= 0.6 is 34.9 Å². The van der Waals surface area contributed by atoms with Crippen molar-refractivity contribution in [2.75, 3.05) is 30.5 Å². The Morgan fingerprint density at radius 2 is 2.27 bits per heavy atom. The fourth-order valence-corrected chi connectivity index (χ4v) is 4.93. The molecule has 0 radical (unpaired) electrons. The highest BCUT2D eigenvalue weighted by atomic mass is 32.2. The second-order valence-electron chi connectivity index (χ2n) is 5.41. The Bertz CT molecular complexity index is 852. The first-order chi connectivity index (χ1) is 12.6. The van der Waals surface area contributed by atoms with Gasteiger partial charge in [-0.2, -0.15) is 0 Å². The van der Waals surface area contributed by atoms with Gasteiger partial charge < -0.3 is 4.74 Å². The van der Waals surface area contributed by atoms with Gasteiger partial charge in [0, 0.05) is 19.3 Å². The van der Waals surface area contributed by atoms with Crippen molar-refractivity contribution in [3.63, 3.8) is 0 Å². The Morgan fingerprint density at radius 1 is 1.42 bits per heavy atom. The average Bonchev–Trinajstić information content (AvgIpc) is 3.28. The number of carbonyl (C=O) groups is 1. The average molecular weight is 414 g/mol. The molecule has 3 rings (SSSR count). The van der Waals surface area contributed by atoms with Crippen LogP contribution in [0.1, 0.15) is 17.6 Å². The molecule has 140 valence electrons. The molecular weight excluding hydrogens is 394 g/mol. The number of carbonyl (C=O) groups excluding carboxylic acids is 1. The van der Waals surface area contributed by atoms with Crippen molar-refractivity contribution in [3.8, 4) is 0 Å². The largest absolute Gasteiger partial charge is 0.383 e. The van der Waals surface area contributed by atoms with Crippen LogP contribution in [-0.2, 0) is 28.9 Å². The van der Waals surface area contributed by atoms with Crippen molar-refractivity contribution in [2.45, 2.75) is 36.4 Å². The van der Waals surface area contributed by atoms with Crippen LogP contribution in [0.4, 0.5) is 5.13 Å². The summed E-state index contributed by atoms with van der Waals surface area (Å²) in [5, 5.41) is 12.6.